The van der Waals surface area contributed by atoms with E-state index in [1.54, 1.807) is 6.07 Å². The van der Waals surface area contributed by atoms with Crippen molar-refractivity contribution in [3.05, 3.63) is 35.1 Å². The summed E-state index contributed by atoms with van der Waals surface area (Å²) in [6.07, 6.45) is 0. The first-order chi connectivity index (χ1) is 10.0. The van der Waals surface area contributed by atoms with Gasteiger partial charge >= 0.3 is 0 Å². The van der Waals surface area contributed by atoms with Crippen molar-refractivity contribution in [3.63, 3.8) is 0 Å². The van der Waals surface area contributed by atoms with Crippen LogP contribution in [0.4, 0.5) is 4.39 Å². The molecular formula is C16H21FN2O2. The van der Waals surface area contributed by atoms with Gasteiger partial charge in [-0.2, -0.15) is 0 Å². The van der Waals surface area contributed by atoms with Gasteiger partial charge in [0.25, 0.3) is 5.91 Å². The summed E-state index contributed by atoms with van der Waals surface area (Å²) in [5, 5.41) is 0. The van der Waals surface area contributed by atoms with Gasteiger partial charge in [-0.25, -0.2) is 4.39 Å². The third-order valence-electron chi connectivity index (χ3n) is 4.34. The molecule has 1 aromatic carbocycles. The predicted octanol–water partition coefficient (Wildman–Crippen LogP) is 1.54. The summed E-state index contributed by atoms with van der Waals surface area (Å²) in [6, 6.07) is 4.44. The summed E-state index contributed by atoms with van der Waals surface area (Å²) in [7, 11) is 2.08. The van der Waals surface area contributed by atoms with Crippen LogP contribution < -0.4 is 0 Å². The van der Waals surface area contributed by atoms with Gasteiger partial charge in [0.05, 0.1) is 19.3 Å². The predicted molar refractivity (Wildman–Crippen MR) is 77.8 cm³/mol. The lowest BCUT2D eigenvalue weighted by Gasteiger charge is -2.30. The minimum absolute atomic E-state index is 0.0395. The highest BCUT2D eigenvalue weighted by Gasteiger charge is 2.35. The summed E-state index contributed by atoms with van der Waals surface area (Å²) in [5.74, 6) is -0.127. The molecule has 114 valence electrons. The minimum atomic E-state index is -0.366. The van der Waals surface area contributed by atoms with Crippen molar-refractivity contribution in [1.82, 2.24) is 9.80 Å². The van der Waals surface area contributed by atoms with Crippen LogP contribution in [0.2, 0.25) is 0 Å². The van der Waals surface area contributed by atoms with E-state index in [2.05, 4.69) is 11.9 Å². The molecule has 2 aliphatic rings. The summed E-state index contributed by atoms with van der Waals surface area (Å²) in [5.41, 5.74) is 1.28. The second-order valence-corrected chi connectivity index (χ2v) is 6.20. The van der Waals surface area contributed by atoms with Crippen molar-refractivity contribution >= 4 is 5.91 Å². The molecule has 2 fully saturated rings. The molecule has 0 N–H and O–H groups in total. The van der Waals surface area contributed by atoms with E-state index in [0.29, 0.717) is 31.2 Å². The molecule has 2 atom stereocenters. The molecule has 2 saturated heterocycles. The van der Waals surface area contributed by atoms with Crippen molar-refractivity contribution in [2.24, 2.45) is 5.92 Å². The zero-order valence-corrected chi connectivity index (χ0v) is 12.5. The summed E-state index contributed by atoms with van der Waals surface area (Å²) in [4.78, 5) is 17.0. The number of likely N-dealkylation sites (N-methyl/N-ethyl adjacent to an activating group) is 1. The molecule has 4 nitrogen and oxygen atoms in total. The Morgan fingerprint density at radius 3 is 2.90 bits per heavy atom. The second kappa shape index (κ2) is 5.73. The van der Waals surface area contributed by atoms with Crippen LogP contribution in [-0.2, 0) is 4.74 Å². The lowest BCUT2D eigenvalue weighted by molar-refractivity contribution is 0.0483. The molecule has 1 aromatic rings. The van der Waals surface area contributed by atoms with Gasteiger partial charge in [0.2, 0.25) is 0 Å². The first kappa shape index (κ1) is 14.5. The van der Waals surface area contributed by atoms with Crippen LogP contribution in [0.1, 0.15) is 15.9 Å². The van der Waals surface area contributed by atoms with E-state index in [1.807, 2.05) is 11.8 Å². The largest absolute Gasteiger partial charge is 0.379 e. The zero-order valence-electron chi connectivity index (χ0n) is 12.5. The first-order valence-electron chi connectivity index (χ1n) is 7.38. The highest BCUT2D eigenvalue weighted by molar-refractivity contribution is 5.96. The Hall–Kier alpha value is -1.46. The highest BCUT2D eigenvalue weighted by atomic mass is 19.1. The standard InChI is InChI=1S/C16H21FN2O2/c1-11-3-4-13(17)5-15(11)16(20)19-7-12-6-18(2)8-14(19)10-21-9-12/h3-5,12,14H,6-10H2,1-2H3/t12-,14-/m0/s1. The maximum atomic E-state index is 13.5. The Kier molecular flexibility index (Phi) is 3.95. The molecule has 2 aliphatic heterocycles. The van der Waals surface area contributed by atoms with Gasteiger partial charge in [-0.3, -0.25) is 4.79 Å². The van der Waals surface area contributed by atoms with Gasteiger partial charge in [0.15, 0.2) is 0 Å². The highest BCUT2D eigenvalue weighted by Crippen LogP contribution is 2.22. The number of carbonyl (C=O) groups is 1. The van der Waals surface area contributed by atoms with Gasteiger partial charge in [0.1, 0.15) is 5.82 Å². The van der Waals surface area contributed by atoms with E-state index in [0.717, 1.165) is 18.7 Å². The third kappa shape index (κ3) is 2.94. The number of ether oxygens (including phenoxy) is 1. The van der Waals surface area contributed by atoms with E-state index in [9.17, 15) is 9.18 Å². The third-order valence-corrected chi connectivity index (χ3v) is 4.34. The van der Waals surface area contributed by atoms with Crippen LogP contribution in [-0.4, -0.2) is 61.6 Å². The monoisotopic (exact) mass is 292 g/mol. The zero-order chi connectivity index (χ0) is 15.0. The number of rotatable bonds is 1. The SMILES string of the molecule is Cc1ccc(F)cc1C(=O)N1C[C@H]2COC[C@@H]1CN(C)C2. The van der Waals surface area contributed by atoms with Crippen molar-refractivity contribution in [2.75, 3.05) is 39.9 Å². The van der Waals surface area contributed by atoms with E-state index >= 15 is 0 Å². The maximum Gasteiger partial charge on any atom is 0.254 e. The summed E-state index contributed by atoms with van der Waals surface area (Å²) < 4.78 is 19.2. The average Bonchev–Trinajstić information content (AvgIpc) is 2.71. The normalized spacial score (nSPS) is 26.5. The number of benzene rings is 1. The number of hydrogen-bond donors (Lipinski definition) is 0. The topological polar surface area (TPSA) is 32.8 Å². The molecule has 21 heavy (non-hydrogen) atoms. The van der Waals surface area contributed by atoms with Crippen LogP contribution >= 0.6 is 0 Å². The fraction of sp³-hybridized carbons (Fsp3) is 0.562. The Morgan fingerprint density at radius 1 is 1.29 bits per heavy atom. The Bertz CT molecular complexity index is 549. The molecule has 5 heteroatoms. The molecule has 0 aliphatic carbocycles. The number of amides is 1. The van der Waals surface area contributed by atoms with Crippen LogP contribution in [0.3, 0.4) is 0 Å². The molecular weight excluding hydrogens is 271 g/mol. The number of nitrogens with zero attached hydrogens (tertiary/aromatic N) is 2. The molecule has 2 heterocycles. The Balaban J connectivity index is 1.91. The number of halogens is 1. The van der Waals surface area contributed by atoms with Crippen molar-refractivity contribution in [2.45, 2.75) is 13.0 Å². The van der Waals surface area contributed by atoms with E-state index < -0.39 is 0 Å². The number of hydrogen-bond acceptors (Lipinski definition) is 3. The molecule has 0 spiro atoms. The fourth-order valence-electron chi connectivity index (χ4n) is 3.31. The van der Waals surface area contributed by atoms with Gasteiger partial charge in [-0.05, 0) is 31.7 Å². The lowest BCUT2D eigenvalue weighted by atomic mass is 10.1. The quantitative estimate of drug-likeness (QED) is 0.787. The van der Waals surface area contributed by atoms with Crippen molar-refractivity contribution in [1.29, 1.82) is 0 Å². The van der Waals surface area contributed by atoms with Gasteiger partial charge in [-0.1, -0.05) is 6.07 Å². The molecule has 2 bridgehead atoms. The van der Waals surface area contributed by atoms with Crippen LogP contribution in [0, 0.1) is 18.7 Å². The minimum Gasteiger partial charge on any atom is -0.379 e. The summed E-state index contributed by atoms with van der Waals surface area (Å²) >= 11 is 0. The molecule has 1 amide bonds. The Labute approximate surface area is 124 Å². The van der Waals surface area contributed by atoms with E-state index in [1.165, 1.54) is 12.1 Å². The molecule has 3 rings (SSSR count). The van der Waals surface area contributed by atoms with E-state index in [4.69, 9.17) is 4.74 Å². The van der Waals surface area contributed by atoms with Gasteiger partial charge in [-0.15, -0.1) is 0 Å². The molecule has 0 unspecified atom stereocenters. The molecule has 0 aromatic heterocycles. The maximum absolute atomic E-state index is 13.5. The van der Waals surface area contributed by atoms with Gasteiger partial charge in [0, 0.05) is 31.1 Å². The smallest absolute Gasteiger partial charge is 0.254 e. The second-order valence-electron chi connectivity index (χ2n) is 6.20. The number of carbonyl (C=O) groups excluding carboxylic acids is 1. The van der Waals surface area contributed by atoms with Crippen molar-refractivity contribution in [3.8, 4) is 0 Å². The lowest BCUT2D eigenvalue weighted by Crippen LogP contribution is -2.46. The summed E-state index contributed by atoms with van der Waals surface area (Å²) in [6.45, 7) is 5.51. The first-order valence-corrected chi connectivity index (χ1v) is 7.38. The Morgan fingerprint density at radius 2 is 2.10 bits per heavy atom. The number of aryl methyl sites for hydroxylation is 1. The van der Waals surface area contributed by atoms with Crippen molar-refractivity contribution < 1.29 is 13.9 Å². The number of fused-ring (bicyclic) bond motifs is 3. The fourth-order valence-corrected chi connectivity index (χ4v) is 3.31. The molecule has 0 radical (unpaired) electrons. The van der Waals surface area contributed by atoms with Crippen LogP contribution in [0.5, 0.6) is 0 Å². The van der Waals surface area contributed by atoms with Crippen LogP contribution in [0.15, 0.2) is 18.2 Å². The van der Waals surface area contributed by atoms with Crippen LogP contribution in [0.25, 0.3) is 0 Å². The molecule has 0 saturated carbocycles. The van der Waals surface area contributed by atoms with Gasteiger partial charge < -0.3 is 14.5 Å². The van der Waals surface area contributed by atoms with E-state index in [-0.39, 0.29) is 17.8 Å². The average molecular weight is 292 g/mol.